The second-order valence-corrected chi connectivity index (χ2v) is 6.43. The first-order valence-corrected chi connectivity index (χ1v) is 7.81. The minimum absolute atomic E-state index is 0.0276. The van der Waals surface area contributed by atoms with Gasteiger partial charge in [-0.05, 0) is 41.5 Å². The second kappa shape index (κ2) is 7.99. The fourth-order valence-electron chi connectivity index (χ4n) is 1.85. The summed E-state index contributed by atoms with van der Waals surface area (Å²) in [6.45, 7) is 14.2. The summed E-state index contributed by atoms with van der Waals surface area (Å²) in [6, 6.07) is 5.54. The number of ether oxygens (including phenoxy) is 1. The molecule has 1 aromatic rings. The molecule has 0 saturated heterocycles. The van der Waals surface area contributed by atoms with Crippen LogP contribution in [0.1, 0.15) is 38.3 Å². The first kappa shape index (κ1) is 17.4. The fourth-order valence-corrected chi connectivity index (χ4v) is 2.78. The SMILES string of the molecule is C=C(O)c1cc(OC)cc(C(=C)S/C(C)=C\C(C)CC)c1. The molecule has 0 aromatic heterocycles. The molecule has 0 bridgehead atoms. The Morgan fingerprint density at radius 3 is 2.48 bits per heavy atom. The maximum atomic E-state index is 9.58. The van der Waals surface area contributed by atoms with Crippen molar-refractivity contribution in [3.8, 4) is 5.75 Å². The Bertz CT molecular complexity index is 558. The molecule has 0 amide bonds. The highest BCUT2D eigenvalue weighted by Gasteiger charge is 2.08. The van der Waals surface area contributed by atoms with E-state index in [0.29, 0.717) is 17.2 Å². The molecule has 0 aliphatic carbocycles. The molecule has 0 aliphatic rings. The van der Waals surface area contributed by atoms with E-state index < -0.39 is 0 Å². The van der Waals surface area contributed by atoms with Crippen molar-refractivity contribution in [1.29, 1.82) is 0 Å². The average Bonchev–Trinajstić information content (AvgIpc) is 2.46. The number of aliphatic hydroxyl groups is 1. The van der Waals surface area contributed by atoms with Crippen LogP contribution < -0.4 is 4.74 Å². The van der Waals surface area contributed by atoms with Crippen LogP contribution in [0.15, 0.2) is 42.3 Å². The highest BCUT2D eigenvalue weighted by molar-refractivity contribution is 8.11. The number of aliphatic hydroxyl groups excluding tert-OH is 1. The maximum absolute atomic E-state index is 9.58. The van der Waals surface area contributed by atoms with Gasteiger partial charge >= 0.3 is 0 Å². The molecule has 1 N–H and O–H groups in total. The molecule has 0 spiro atoms. The van der Waals surface area contributed by atoms with Crippen molar-refractivity contribution in [3.63, 3.8) is 0 Å². The van der Waals surface area contributed by atoms with Crippen LogP contribution in [0.4, 0.5) is 0 Å². The molecule has 0 fully saturated rings. The second-order valence-electron chi connectivity index (χ2n) is 5.08. The Labute approximate surface area is 132 Å². The van der Waals surface area contributed by atoms with Crippen molar-refractivity contribution in [2.24, 2.45) is 5.92 Å². The van der Waals surface area contributed by atoms with E-state index in [9.17, 15) is 5.11 Å². The Morgan fingerprint density at radius 1 is 1.33 bits per heavy atom. The van der Waals surface area contributed by atoms with E-state index in [1.165, 1.54) is 4.91 Å². The quantitative estimate of drug-likeness (QED) is 0.638. The molecule has 1 unspecified atom stereocenters. The van der Waals surface area contributed by atoms with Crippen LogP contribution in [0.25, 0.3) is 10.7 Å². The minimum Gasteiger partial charge on any atom is -0.508 e. The molecular weight excluding hydrogens is 280 g/mol. The zero-order valence-corrected chi connectivity index (χ0v) is 14.1. The van der Waals surface area contributed by atoms with Crippen LogP contribution in [0.2, 0.25) is 0 Å². The Morgan fingerprint density at radius 2 is 1.95 bits per heavy atom. The van der Waals surface area contributed by atoms with Gasteiger partial charge in [0.15, 0.2) is 0 Å². The van der Waals surface area contributed by atoms with Gasteiger partial charge in [-0.25, -0.2) is 0 Å². The lowest BCUT2D eigenvalue weighted by molar-refractivity contribution is 0.414. The minimum atomic E-state index is 0.0276. The summed E-state index contributed by atoms with van der Waals surface area (Å²) in [6.07, 6.45) is 3.37. The van der Waals surface area contributed by atoms with Gasteiger partial charge < -0.3 is 9.84 Å². The lowest BCUT2D eigenvalue weighted by atomic mass is 10.1. The van der Waals surface area contributed by atoms with E-state index in [1.807, 2.05) is 12.1 Å². The van der Waals surface area contributed by atoms with Gasteiger partial charge in [-0.15, -0.1) is 0 Å². The van der Waals surface area contributed by atoms with E-state index in [4.69, 9.17) is 4.74 Å². The molecular formula is C18H24O2S. The van der Waals surface area contributed by atoms with Gasteiger partial charge in [-0.2, -0.15) is 0 Å². The number of allylic oxidation sites excluding steroid dienone is 2. The molecule has 1 aromatic carbocycles. The normalized spacial score (nSPS) is 12.9. The summed E-state index contributed by atoms with van der Waals surface area (Å²) in [7, 11) is 1.60. The van der Waals surface area contributed by atoms with Crippen LogP contribution in [0.5, 0.6) is 5.75 Å². The molecule has 1 rings (SSSR count). The van der Waals surface area contributed by atoms with Crippen LogP contribution in [-0.4, -0.2) is 12.2 Å². The molecule has 0 radical (unpaired) electrons. The molecule has 0 saturated carbocycles. The van der Waals surface area contributed by atoms with Gasteiger partial charge in [0.1, 0.15) is 11.5 Å². The Hall–Kier alpha value is -1.61. The van der Waals surface area contributed by atoms with E-state index in [1.54, 1.807) is 24.9 Å². The third kappa shape index (κ3) is 5.35. The fraction of sp³-hybridized carbons (Fsp3) is 0.333. The maximum Gasteiger partial charge on any atom is 0.120 e. The number of rotatable bonds is 7. The molecule has 2 nitrogen and oxygen atoms in total. The summed E-state index contributed by atoms with van der Waals surface area (Å²) in [4.78, 5) is 2.15. The summed E-state index contributed by atoms with van der Waals surface area (Å²) in [5.74, 6) is 1.27. The highest BCUT2D eigenvalue weighted by atomic mass is 32.2. The summed E-state index contributed by atoms with van der Waals surface area (Å²) in [5, 5.41) is 9.58. The third-order valence-corrected chi connectivity index (χ3v) is 4.18. The monoisotopic (exact) mass is 304 g/mol. The van der Waals surface area contributed by atoms with Crippen molar-refractivity contribution in [2.45, 2.75) is 27.2 Å². The molecule has 114 valence electrons. The number of methoxy groups -OCH3 is 1. The smallest absolute Gasteiger partial charge is 0.120 e. The Balaban J connectivity index is 2.99. The summed E-state index contributed by atoms with van der Waals surface area (Å²) in [5.41, 5.74) is 1.58. The van der Waals surface area contributed by atoms with Crippen LogP contribution in [0.3, 0.4) is 0 Å². The van der Waals surface area contributed by atoms with Crippen molar-refractivity contribution in [3.05, 3.63) is 53.5 Å². The molecule has 0 aliphatic heterocycles. The van der Waals surface area contributed by atoms with Crippen molar-refractivity contribution >= 4 is 22.4 Å². The predicted molar refractivity (Wildman–Crippen MR) is 94.5 cm³/mol. The zero-order chi connectivity index (χ0) is 16.0. The number of hydrogen-bond donors (Lipinski definition) is 1. The van der Waals surface area contributed by atoms with E-state index in [0.717, 1.165) is 16.9 Å². The molecule has 1 atom stereocenters. The van der Waals surface area contributed by atoms with Gasteiger partial charge in [0, 0.05) is 10.5 Å². The molecule has 21 heavy (non-hydrogen) atoms. The predicted octanol–water partition coefficient (Wildman–Crippen LogP) is 5.88. The van der Waals surface area contributed by atoms with Crippen molar-refractivity contribution in [2.75, 3.05) is 7.11 Å². The van der Waals surface area contributed by atoms with Gasteiger partial charge in [0.25, 0.3) is 0 Å². The largest absolute Gasteiger partial charge is 0.508 e. The first-order chi connectivity index (χ1) is 9.87. The van der Waals surface area contributed by atoms with Crippen molar-refractivity contribution in [1.82, 2.24) is 0 Å². The van der Waals surface area contributed by atoms with Gasteiger partial charge in [0.2, 0.25) is 0 Å². The lowest BCUT2D eigenvalue weighted by Gasteiger charge is -2.11. The van der Waals surface area contributed by atoms with Crippen LogP contribution in [-0.2, 0) is 0 Å². The number of hydrogen-bond acceptors (Lipinski definition) is 3. The van der Waals surface area contributed by atoms with Crippen LogP contribution in [0, 0.1) is 5.92 Å². The van der Waals surface area contributed by atoms with Gasteiger partial charge in [-0.3, -0.25) is 0 Å². The zero-order valence-electron chi connectivity index (χ0n) is 13.3. The summed E-state index contributed by atoms with van der Waals surface area (Å²) < 4.78 is 5.27. The standard InChI is InChI=1S/C18H24O2S/c1-7-12(2)8-13(3)21-15(5)17-9-16(14(4)19)10-18(11-17)20-6/h8-12,19H,4-5,7H2,1-3,6H3/b13-8-. The lowest BCUT2D eigenvalue weighted by Crippen LogP contribution is -1.91. The van der Waals surface area contributed by atoms with Crippen LogP contribution >= 0.6 is 11.8 Å². The van der Waals surface area contributed by atoms with Crippen molar-refractivity contribution < 1.29 is 9.84 Å². The molecule has 0 heterocycles. The number of benzene rings is 1. The topological polar surface area (TPSA) is 29.5 Å². The molecule has 3 heteroatoms. The van der Waals surface area contributed by atoms with Gasteiger partial charge in [-0.1, -0.05) is 51.3 Å². The Kier molecular flexibility index (Phi) is 6.63. The van der Waals surface area contributed by atoms with E-state index in [-0.39, 0.29) is 5.76 Å². The van der Waals surface area contributed by atoms with E-state index in [2.05, 4.69) is 40.0 Å². The van der Waals surface area contributed by atoms with E-state index >= 15 is 0 Å². The first-order valence-electron chi connectivity index (χ1n) is 7.00. The summed E-state index contributed by atoms with van der Waals surface area (Å²) >= 11 is 1.64. The third-order valence-electron chi connectivity index (χ3n) is 3.24. The average molecular weight is 304 g/mol. The number of thioether (sulfide) groups is 1. The van der Waals surface area contributed by atoms with Gasteiger partial charge in [0.05, 0.1) is 7.11 Å². The highest BCUT2D eigenvalue weighted by Crippen LogP contribution is 2.35.